The molecule has 0 aliphatic carbocycles. The van der Waals surface area contributed by atoms with Crippen LogP contribution in [0.3, 0.4) is 0 Å². The van der Waals surface area contributed by atoms with Crippen molar-refractivity contribution in [3.05, 3.63) is 39.5 Å². The zero-order valence-corrected chi connectivity index (χ0v) is 13.7. The summed E-state index contributed by atoms with van der Waals surface area (Å²) in [6.45, 7) is 1.67. The zero-order chi connectivity index (χ0) is 16.7. The highest BCUT2D eigenvalue weighted by molar-refractivity contribution is 6.36. The van der Waals surface area contributed by atoms with E-state index in [4.69, 9.17) is 35.8 Å². The highest BCUT2D eigenvalue weighted by atomic mass is 35.5. The van der Waals surface area contributed by atoms with Gasteiger partial charge in [-0.25, -0.2) is 14.8 Å². The third-order valence-electron chi connectivity index (χ3n) is 3.26. The Kier molecular flexibility index (Phi) is 4.00. The third kappa shape index (κ3) is 2.66. The lowest BCUT2D eigenvalue weighted by Gasteiger charge is -2.13. The Morgan fingerprint density at radius 1 is 1.30 bits per heavy atom. The van der Waals surface area contributed by atoms with Gasteiger partial charge in [-0.1, -0.05) is 23.2 Å². The lowest BCUT2D eigenvalue weighted by molar-refractivity contribution is 0.0599. The maximum absolute atomic E-state index is 12.2. The van der Waals surface area contributed by atoms with Gasteiger partial charge in [-0.3, -0.25) is 0 Å². The van der Waals surface area contributed by atoms with Crippen molar-refractivity contribution in [2.24, 2.45) is 0 Å². The Morgan fingerprint density at radius 3 is 2.70 bits per heavy atom. The number of hydrogen-bond donors (Lipinski definition) is 0. The van der Waals surface area contributed by atoms with Crippen molar-refractivity contribution in [1.82, 2.24) is 19.6 Å². The molecule has 0 fully saturated rings. The summed E-state index contributed by atoms with van der Waals surface area (Å²) < 4.78 is 6.22. The molecule has 2 radical (unpaired) electrons. The molecule has 1 aromatic carbocycles. The first-order valence-electron chi connectivity index (χ1n) is 6.49. The molecule has 6 nitrogen and oxygen atoms in total. The van der Waals surface area contributed by atoms with E-state index in [0.717, 1.165) is 0 Å². The minimum atomic E-state index is -0.563. The van der Waals surface area contributed by atoms with Gasteiger partial charge in [0, 0.05) is 10.6 Å². The molecule has 0 amide bonds. The summed E-state index contributed by atoms with van der Waals surface area (Å²) in [4.78, 5) is 20.5. The molecule has 2 aromatic heterocycles. The van der Waals surface area contributed by atoms with Crippen molar-refractivity contribution in [3.8, 4) is 11.3 Å². The fourth-order valence-electron chi connectivity index (χ4n) is 2.30. The molecule has 9 heteroatoms. The van der Waals surface area contributed by atoms with E-state index in [2.05, 4.69) is 15.1 Å². The average Bonchev–Trinajstić information content (AvgIpc) is 2.85. The Hall–Kier alpha value is -2.12. The minimum Gasteiger partial charge on any atom is -0.465 e. The van der Waals surface area contributed by atoms with Gasteiger partial charge < -0.3 is 4.74 Å². The molecule has 0 spiro atoms. The number of fused-ring (bicyclic) bond motifs is 1. The molecule has 0 unspecified atom stereocenters. The lowest BCUT2D eigenvalue weighted by Crippen LogP contribution is -2.13. The fourth-order valence-corrected chi connectivity index (χ4v) is 2.80. The molecule has 2 heterocycles. The largest absolute Gasteiger partial charge is 0.465 e. The van der Waals surface area contributed by atoms with Crippen LogP contribution in [-0.2, 0) is 4.74 Å². The number of carbonyl (C=O) groups excluding carboxylic acids is 1. The number of esters is 1. The number of nitrogens with zero attached hydrogens (tertiary/aromatic N) is 4. The number of ether oxygens (including phenoxy) is 1. The monoisotopic (exact) mass is 346 g/mol. The second-order valence-corrected chi connectivity index (χ2v) is 5.56. The Balaban J connectivity index is 2.46. The topological polar surface area (TPSA) is 69.4 Å². The van der Waals surface area contributed by atoms with E-state index in [-0.39, 0.29) is 17.1 Å². The fraction of sp³-hybridized carbons (Fsp3) is 0.143. The lowest BCUT2D eigenvalue weighted by atomic mass is 10.0. The van der Waals surface area contributed by atoms with Gasteiger partial charge in [0.25, 0.3) is 5.78 Å². The van der Waals surface area contributed by atoms with Gasteiger partial charge in [0.15, 0.2) is 7.85 Å². The van der Waals surface area contributed by atoms with E-state index < -0.39 is 5.97 Å². The summed E-state index contributed by atoms with van der Waals surface area (Å²) in [6.07, 6.45) is 0. The number of methoxy groups -OCH3 is 1. The number of carbonyl (C=O) groups is 1. The highest BCUT2D eigenvalue weighted by Crippen LogP contribution is 2.33. The van der Waals surface area contributed by atoms with Gasteiger partial charge in [-0.05, 0) is 25.1 Å². The van der Waals surface area contributed by atoms with Crippen LogP contribution in [0, 0.1) is 6.92 Å². The number of aryl methyl sites for hydroxylation is 1. The maximum Gasteiger partial charge on any atom is 0.341 e. The molecule has 0 bridgehead atoms. The van der Waals surface area contributed by atoms with Crippen molar-refractivity contribution in [2.75, 3.05) is 7.11 Å². The van der Waals surface area contributed by atoms with Crippen molar-refractivity contribution in [3.63, 3.8) is 0 Å². The molecule has 0 N–H and O–H groups in total. The molecule has 0 aliphatic rings. The van der Waals surface area contributed by atoms with Crippen LogP contribution in [0.2, 0.25) is 10.0 Å². The summed E-state index contributed by atoms with van der Waals surface area (Å²) in [6, 6.07) is 4.91. The smallest absolute Gasteiger partial charge is 0.341 e. The number of halogens is 2. The number of rotatable bonds is 2. The first-order valence-corrected chi connectivity index (χ1v) is 7.24. The van der Waals surface area contributed by atoms with Crippen LogP contribution in [0.25, 0.3) is 17.0 Å². The molecule has 0 saturated carbocycles. The average molecular weight is 347 g/mol. The van der Waals surface area contributed by atoms with E-state index in [9.17, 15) is 4.79 Å². The van der Waals surface area contributed by atoms with Crippen LogP contribution in [0.1, 0.15) is 16.1 Å². The van der Waals surface area contributed by atoms with E-state index in [0.29, 0.717) is 27.0 Å². The Morgan fingerprint density at radius 2 is 2.04 bits per heavy atom. The van der Waals surface area contributed by atoms with Gasteiger partial charge in [-0.15, -0.1) is 0 Å². The van der Waals surface area contributed by atoms with E-state index in [1.54, 1.807) is 25.1 Å². The number of benzene rings is 1. The summed E-state index contributed by atoms with van der Waals surface area (Å²) in [5.41, 5.74) is 1.62. The van der Waals surface area contributed by atoms with Crippen LogP contribution >= 0.6 is 23.2 Å². The summed E-state index contributed by atoms with van der Waals surface area (Å²) in [7, 11) is 6.94. The predicted octanol–water partition coefficient (Wildman–Crippen LogP) is 1.99. The summed E-state index contributed by atoms with van der Waals surface area (Å²) >= 11 is 12.2. The maximum atomic E-state index is 12.2. The van der Waals surface area contributed by atoms with Crippen LogP contribution in [0.4, 0.5) is 0 Å². The SMILES string of the molecule is [B]c1nc2nc(C)c(C(=O)OC)c(-c3ccc(Cl)cc3Cl)n2n1. The van der Waals surface area contributed by atoms with Gasteiger partial charge in [-0.2, -0.15) is 9.61 Å². The van der Waals surface area contributed by atoms with E-state index >= 15 is 0 Å². The molecule has 3 rings (SSSR count). The van der Waals surface area contributed by atoms with Gasteiger partial charge in [0.2, 0.25) is 0 Å². The van der Waals surface area contributed by atoms with Crippen LogP contribution in [0.5, 0.6) is 0 Å². The molecule has 0 saturated heterocycles. The molecular formula is C14H9BCl2N4O2. The van der Waals surface area contributed by atoms with Gasteiger partial charge in [0.05, 0.1) is 29.2 Å². The van der Waals surface area contributed by atoms with E-state index in [1.807, 2.05) is 0 Å². The van der Waals surface area contributed by atoms with Crippen LogP contribution < -0.4 is 5.72 Å². The Bertz CT molecular complexity index is 942. The summed E-state index contributed by atoms with van der Waals surface area (Å²) in [5, 5.41) is 4.91. The number of hydrogen-bond acceptors (Lipinski definition) is 5. The van der Waals surface area contributed by atoms with Crippen molar-refractivity contribution in [1.29, 1.82) is 0 Å². The second-order valence-electron chi connectivity index (χ2n) is 4.72. The Labute approximate surface area is 142 Å². The first-order chi connectivity index (χ1) is 10.9. The molecular weight excluding hydrogens is 338 g/mol. The third-order valence-corrected chi connectivity index (χ3v) is 3.81. The predicted molar refractivity (Wildman–Crippen MR) is 87.7 cm³/mol. The quantitative estimate of drug-likeness (QED) is 0.524. The molecule has 23 heavy (non-hydrogen) atoms. The molecule has 0 aliphatic heterocycles. The van der Waals surface area contributed by atoms with Gasteiger partial charge >= 0.3 is 5.97 Å². The van der Waals surface area contributed by atoms with Crippen LogP contribution in [-0.4, -0.2) is 40.5 Å². The zero-order valence-electron chi connectivity index (χ0n) is 12.2. The molecule has 114 valence electrons. The standard InChI is InChI=1S/C14H9BCl2N4O2/c1-6-10(12(22)23-2)11(8-4-3-7(16)5-9(8)17)21-14(18-6)19-13(15)20-21/h3-5H,1-2H3. The van der Waals surface area contributed by atoms with Crippen molar-refractivity contribution in [2.45, 2.75) is 6.92 Å². The molecule has 3 aromatic rings. The minimum absolute atomic E-state index is 0.0326. The second kappa shape index (κ2) is 5.83. The highest BCUT2D eigenvalue weighted by Gasteiger charge is 2.24. The van der Waals surface area contributed by atoms with Crippen LogP contribution in [0.15, 0.2) is 18.2 Å². The van der Waals surface area contributed by atoms with Gasteiger partial charge in [0.1, 0.15) is 5.56 Å². The van der Waals surface area contributed by atoms with Crippen molar-refractivity contribution < 1.29 is 9.53 Å². The summed E-state index contributed by atoms with van der Waals surface area (Å²) in [5.74, 6) is -0.305. The first kappa shape index (κ1) is 15.8. The normalized spacial score (nSPS) is 11.0. The number of aromatic nitrogens is 4. The van der Waals surface area contributed by atoms with E-state index in [1.165, 1.54) is 11.6 Å². The molecule has 0 atom stereocenters. The van der Waals surface area contributed by atoms with Crippen molar-refractivity contribution >= 4 is 48.5 Å².